The minimum atomic E-state index is -0.631. The average Bonchev–Trinajstić information content (AvgIpc) is 3.59. The topological polar surface area (TPSA) is 80.4 Å². The Balaban J connectivity index is 1.11. The van der Waals surface area contributed by atoms with Crippen LogP contribution in [0.25, 0.3) is 10.9 Å². The Bertz CT molecular complexity index is 2100. The van der Waals surface area contributed by atoms with Gasteiger partial charge in [-0.15, -0.1) is 0 Å². The van der Waals surface area contributed by atoms with Gasteiger partial charge in [0, 0.05) is 23.6 Å². The van der Waals surface area contributed by atoms with E-state index in [0.717, 1.165) is 38.7 Å². The van der Waals surface area contributed by atoms with Crippen molar-refractivity contribution in [3.63, 3.8) is 0 Å². The van der Waals surface area contributed by atoms with Gasteiger partial charge in [0.25, 0.3) is 0 Å². The van der Waals surface area contributed by atoms with Crippen LogP contribution in [0.3, 0.4) is 0 Å². The van der Waals surface area contributed by atoms with Crippen LogP contribution in [0.2, 0.25) is 0 Å². The standard InChI is InChI=1S/C44H36N2O4/c47-42(49-31-32-15-5-1-6-16-32)38-23-13-14-24-39(38)43(48)50-37-25-26-41-40(29-37)33(30-45-41)27-28-46-44(34-17-7-2-8-18-34,35-19-9-3-10-20-35)36-21-11-4-12-22-36/h1-26,29-30,45-46H,27-28,31H2. The summed E-state index contributed by atoms with van der Waals surface area (Å²) in [5, 5.41) is 4.90. The highest BCUT2D eigenvalue weighted by Gasteiger charge is 2.35. The number of aromatic nitrogens is 1. The van der Waals surface area contributed by atoms with E-state index >= 15 is 0 Å². The fourth-order valence-corrected chi connectivity index (χ4v) is 6.49. The first-order valence-corrected chi connectivity index (χ1v) is 16.7. The van der Waals surface area contributed by atoms with E-state index in [0.29, 0.717) is 18.7 Å². The van der Waals surface area contributed by atoms with E-state index in [1.165, 1.54) is 0 Å². The molecule has 6 heteroatoms. The molecule has 7 rings (SSSR count). The molecule has 7 aromatic rings. The number of hydrogen-bond donors (Lipinski definition) is 2. The highest BCUT2D eigenvalue weighted by Crippen LogP contribution is 2.37. The van der Waals surface area contributed by atoms with Gasteiger partial charge in [-0.25, -0.2) is 9.59 Å². The molecule has 0 bridgehead atoms. The van der Waals surface area contributed by atoms with E-state index < -0.39 is 17.5 Å². The van der Waals surface area contributed by atoms with Crippen LogP contribution in [-0.4, -0.2) is 23.5 Å². The maximum Gasteiger partial charge on any atom is 0.344 e. The zero-order chi connectivity index (χ0) is 34.2. The second kappa shape index (κ2) is 14.9. The van der Waals surface area contributed by atoms with Gasteiger partial charge >= 0.3 is 11.9 Å². The lowest BCUT2D eigenvalue weighted by Crippen LogP contribution is -2.45. The molecular weight excluding hydrogens is 620 g/mol. The summed E-state index contributed by atoms with van der Waals surface area (Å²) >= 11 is 0. The third-order valence-electron chi connectivity index (χ3n) is 8.93. The van der Waals surface area contributed by atoms with E-state index in [4.69, 9.17) is 9.47 Å². The average molecular weight is 657 g/mol. The second-order valence-electron chi connectivity index (χ2n) is 12.0. The van der Waals surface area contributed by atoms with Crippen LogP contribution in [0.4, 0.5) is 0 Å². The summed E-state index contributed by atoms with van der Waals surface area (Å²) in [7, 11) is 0. The molecule has 0 aliphatic rings. The molecule has 0 saturated heterocycles. The van der Waals surface area contributed by atoms with Crippen LogP contribution in [0.5, 0.6) is 5.75 Å². The number of carbonyl (C=O) groups is 2. The van der Waals surface area contributed by atoms with E-state index in [-0.39, 0.29) is 17.7 Å². The lowest BCUT2D eigenvalue weighted by molar-refractivity contribution is 0.0465. The summed E-state index contributed by atoms with van der Waals surface area (Å²) in [5.41, 5.74) is 6.04. The van der Waals surface area contributed by atoms with Gasteiger partial charge in [-0.1, -0.05) is 133 Å². The van der Waals surface area contributed by atoms with Crippen molar-refractivity contribution in [2.45, 2.75) is 18.6 Å². The van der Waals surface area contributed by atoms with Crippen LogP contribution < -0.4 is 10.1 Å². The minimum Gasteiger partial charge on any atom is -0.457 e. The molecule has 0 amide bonds. The summed E-state index contributed by atoms with van der Waals surface area (Å²) in [6.45, 7) is 0.766. The Morgan fingerprint density at radius 3 is 1.70 bits per heavy atom. The van der Waals surface area contributed by atoms with Crippen molar-refractivity contribution in [3.05, 3.63) is 209 Å². The Hall–Kier alpha value is -6.24. The van der Waals surface area contributed by atoms with Gasteiger partial charge in [0.2, 0.25) is 0 Å². The first-order valence-electron chi connectivity index (χ1n) is 16.7. The van der Waals surface area contributed by atoms with Gasteiger partial charge in [-0.2, -0.15) is 0 Å². The quantitative estimate of drug-likeness (QED) is 0.0780. The number of carbonyl (C=O) groups excluding carboxylic acids is 2. The highest BCUT2D eigenvalue weighted by atomic mass is 16.5. The first-order chi connectivity index (χ1) is 24.6. The molecule has 0 unspecified atom stereocenters. The monoisotopic (exact) mass is 656 g/mol. The van der Waals surface area contributed by atoms with Gasteiger partial charge < -0.3 is 14.5 Å². The summed E-state index contributed by atoms with van der Waals surface area (Å²) in [6.07, 6.45) is 2.72. The van der Waals surface area contributed by atoms with E-state index in [1.807, 2.05) is 66.9 Å². The lowest BCUT2D eigenvalue weighted by atomic mass is 9.77. The number of esters is 2. The Morgan fingerprint density at radius 1 is 0.600 bits per heavy atom. The van der Waals surface area contributed by atoms with Crippen molar-refractivity contribution in [2.75, 3.05) is 6.54 Å². The van der Waals surface area contributed by atoms with E-state index in [1.54, 1.807) is 30.3 Å². The Kier molecular flexibility index (Phi) is 9.63. The third kappa shape index (κ3) is 6.83. The molecule has 0 aliphatic carbocycles. The summed E-state index contributed by atoms with van der Waals surface area (Å²) in [6, 6.07) is 53.1. The third-order valence-corrected chi connectivity index (χ3v) is 8.93. The van der Waals surface area contributed by atoms with Crippen molar-refractivity contribution < 1.29 is 19.1 Å². The molecule has 0 radical (unpaired) electrons. The van der Waals surface area contributed by atoms with E-state index in [9.17, 15) is 9.59 Å². The molecule has 1 heterocycles. The van der Waals surface area contributed by atoms with E-state index in [2.05, 4.69) is 83.1 Å². The summed E-state index contributed by atoms with van der Waals surface area (Å²) in [4.78, 5) is 29.8. The smallest absolute Gasteiger partial charge is 0.344 e. The Labute approximate surface area is 291 Å². The van der Waals surface area contributed by atoms with Crippen molar-refractivity contribution in [1.29, 1.82) is 0 Å². The molecule has 0 atom stereocenters. The SMILES string of the molecule is O=C(OCc1ccccc1)c1ccccc1C(=O)Oc1ccc2[nH]cc(CCNC(c3ccccc3)(c3ccccc3)c3ccccc3)c2c1. The highest BCUT2D eigenvalue weighted by molar-refractivity contribution is 6.04. The first kappa shape index (κ1) is 32.3. The summed E-state index contributed by atoms with van der Waals surface area (Å²) in [5.74, 6) is -0.834. The largest absolute Gasteiger partial charge is 0.457 e. The van der Waals surface area contributed by atoms with Crippen molar-refractivity contribution in [3.8, 4) is 5.75 Å². The number of rotatable bonds is 12. The fourth-order valence-electron chi connectivity index (χ4n) is 6.49. The van der Waals surface area contributed by atoms with Crippen molar-refractivity contribution in [2.24, 2.45) is 0 Å². The predicted octanol–water partition coefficient (Wildman–Crippen LogP) is 8.87. The predicted molar refractivity (Wildman–Crippen MR) is 196 cm³/mol. The van der Waals surface area contributed by atoms with Gasteiger partial charge in [0.1, 0.15) is 12.4 Å². The molecule has 6 aromatic carbocycles. The molecular formula is C44H36N2O4. The molecule has 0 aliphatic heterocycles. The molecule has 50 heavy (non-hydrogen) atoms. The molecule has 1 aromatic heterocycles. The lowest BCUT2D eigenvalue weighted by Gasteiger charge is -2.37. The summed E-state index contributed by atoms with van der Waals surface area (Å²) < 4.78 is 11.3. The van der Waals surface area contributed by atoms with Gasteiger partial charge in [-0.3, -0.25) is 5.32 Å². The molecule has 0 saturated carbocycles. The molecule has 0 spiro atoms. The number of ether oxygens (including phenoxy) is 2. The number of H-pyrrole nitrogens is 1. The number of benzene rings is 6. The van der Waals surface area contributed by atoms with Crippen molar-refractivity contribution in [1.82, 2.24) is 10.3 Å². The number of aromatic amines is 1. The van der Waals surface area contributed by atoms with Gasteiger partial charge in [0.05, 0.1) is 16.7 Å². The van der Waals surface area contributed by atoms with Crippen LogP contribution in [0.15, 0.2) is 170 Å². The zero-order valence-electron chi connectivity index (χ0n) is 27.4. The van der Waals surface area contributed by atoms with Crippen LogP contribution in [0.1, 0.15) is 48.5 Å². The molecule has 6 nitrogen and oxygen atoms in total. The minimum absolute atomic E-state index is 0.105. The molecule has 2 N–H and O–H groups in total. The normalized spacial score (nSPS) is 11.3. The number of nitrogens with one attached hydrogen (secondary N) is 2. The van der Waals surface area contributed by atoms with Crippen LogP contribution in [-0.2, 0) is 23.3 Å². The number of fused-ring (bicyclic) bond motifs is 1. The maximum atomic E-state index is 13.4. The second-order valence-corrected chi connectivity index (χ2v) is 12.0. The zero-order valence-corrected chi connectivity index (χ0v) is 27.4. The van der Waals surface area contributed by atoms with Crippen LogP contribution >= 0.6 is 0 Å². The number of hydrogen-bond acceptors (Lipinski definition) is 5. The van der Waals surface area contributed by atoms with Gasteiger partial charge in [-0.05, 0) is 64.6 Å². The fraction of sp³-hybridized carbons (Fsp3) is 0.0909. The maximum absolute atomic E-state index is 13.4. The van der Waals surface area contributed by atoms with Crippen molar-refractivity contribution >= 4 is 22.8 Å². The molecule has 0 fully saturated rings. The van der Waals surface area contributed by atoms with Gasteiger partial charge in [0.15, 0.2) is 0 Å². The Morgan fingerprint density at radius 2 is 1.12 bits per heavy atom. The van der Waals surface area contributed by atoms with Crippen LogP contribution in [0, 0.1) is 0 Å². The molecule has 246 valence electrons.